The fourth-order valence-corrected chi connectivity index (χ4v) is 1.96. The molecule has 2 aromatic rings. The molecule has 25 heavy (non-hydrogen) atoms. The van der Waals surface area contributed by atoms with E-state index < -0.39 is 24.4 Å². The van der Waals surface area contributed by atoms with Gasteiger partial charge in [0.25, 0.3) is 5.91 Å². The van der Waals surface area contributed by atoms with E-state index in [-0.39, 0.29) is 6.61 Å². The Morgan fingerprint density at radius 2 is 1.80 bits per heavy atom. The maximum Gasteiger partial charge on any atom is 0.339 e. The van der Waals surface area contributed by atoms with E-state index in [9.17, 15) is 14.4 Å². The first kappa shape index (κ1) is 17.9. The molecule has 130 valence electrons. The molecule has 0 spiro atoms. The number of aromatic nitrogens is 1. The van der Waals surface area contributed by atoms with Crippen molar-refractivity contribution in [3.8, 4) is 0 Å². The third kappa shape index (κ3) is 5.31. The second kappa shape index (κ2) is 8.44. The highest BCUT2D eigenvalue weighted by Crippen LogP contribution is 2.18. The number of nitrogens with one attached hydrogen (secondary N) is 2. The van der Waals surface area contributed by atoms with Gasteiger partial charge in [-0.2, -0.15) is 0 Å². The fourth-order valence-electron chi connectivity index (χ4n) is 1.96. The quantitative estimate of drug-likeness (QED) is 0.656. The summed E-state index contributed by atoms with van der Waals surface area (Å²) in [6.07, 6.45) is 2.97. The molecule has 0 bridgehead atoms. The van der Waals surface area contributed by atoms with Crippen LogP contribution in [0.3, 0.4) is 0 Å². The van der Waals surface area contributed by atoms with Crippen molar-refractivity contribution in [2.75, 3.05) is 18.5 Å². The number of amides is 1. The number of anilines is 2. The molecule has 2 rings (SSSR count). The summed E-state index contributed by atoms with van der Waals surface area (Å²) in [6, 6.07) is 8.04. The van der Waals surface area contributed by atoms with Crippen LogP contribution in [0, 0.1) is 0 Å². The van der Waals surface area contributed by atoms with Gasteiger partial charge in [-0.05, 0) is 37.3 Å². The van der Waals surface area contributed by atoms with E-state index in [0.717, 1.165) is 0 Å². The number of aliphatic carboxylic acids is 1. The number of hydrogen-bond acceptors (Lipinski definition) is 6. The number of carboxylic acids is 1. The molecular formula is C17H17N3O5. The Balaban J connectivity index is 2.04. The lowest BCUT2D eigenvalue weighted by atomic mass is 10.2. The van der Waals surface area contributed by atoms with Gasteiger partial charge in [0.15, 0.2) is 0 Å². The van der Waals surface area contributed by atoms with Gasteiger partial charge < -0.3 is 20.5 Å². The lowest BCUT2D eigenvalue weighted by Crippen LogP contribution is -2.29. The van der Waals surface area contributed by atoms with Gasteiger partial charge in [-0.25, -0.2) is 4.79 Å². The molecule has 1 amide bonds. The van der Waals surface area contributed by atoms with E-state index >= 15 is 0 Å². The van der Waals surface area contributed by atoms with Gasteiger partial charge in [-0.15, -0.1) is 0 Å². The van der Waals surface area contributed by atoms with Crippen molar-refractivity contribution in [2.24, 2.45) is 0 Å². The number of benzene rings is 1. The van der Waals surface area contributed by atoms with Crippen LogP contribution in [0.2, 0.25) is 0 Å². The van der Waals surface area contributed by atoms with Crippen LogP contribution in [0.5, 0.6) is 0 Å². The first-order valence-corrected chi connectivity index (χ1v) is 7.49. The summed E-state index contributed by atoms with van der Waals surface area (Å²) >= 11 is 0. The smallest absolute Gasteiger partial charge is 0.339 e. The molecule has 8 nitrogen and oxygen atoms in total. The Morgan fingerprint density at radius 3 is 2.44 bits per heavy atom. The minimum atomic E-state index is -1.11. The maximum absolute atomic E-state index is 11.7. The molecule has 0 fully saturated rings. The highest BCUT2D eigenvalue weighted by Gasteiger charge is 2.09. The molecule has 0 aliphatic carbocycles. The Morgan fingerprint density at radius 1 is 1.08 bits per heavy atom. The molecule has 0 aliphatic rings. The van der Waals surface area contributed by atoms with Crippen LogP contribution in [0.15, 0.2) is 42.7 Å². The largest absolute Gasteiger partial charge is 0.480 e. The third-order valence-corrected chi connectivity index (χ3v) is 3.09. The fraction of sp³-hybridized carbons (Fsp3) is 0.176. The summed E-state index contributed by atoms with van der Waals surface area (Å²) in [5, 5.41) is 13.9. The second-order valence-electron chi connectivity index (χ2n) is 4.96. The highest BCUT2D eigenvalue weighted by atomic mass is 16.5. The average molecular weight is 343 g/mol. The maximum atomic E-state index is 11.7. The SMILES string of the molecule is CCOC(=O)c1cncc(Nc2ccc(C(=O)NCC(=O)O)cc2)c1. The predicted octanol–water partition coefficient (Wildman–Crippen LogP) is 1.82. The zero-order chi connectivity index (χ0) is 18.2. The van der Waals surface area contributed by atoms with E-state index in [2.05, 4.69) is 15.6 Å². The van der Waals surface area contributed by atoms with Crippen molar-refractivity contribution in [1.82, 2.24) is 10.3 Å². The summed E-state index contributed by atoms with van der Waals surface area (Å²) in [5.74, 6) is -2.04. The van der Waals surface area contributed by atoms with Crippen LogP contribution < -0.4 is 10.6 Å². The van der Waals surface area contributed by atoms with E-state index in [1.54, 1.807) is 43.5 Å². The molecular weight excluding hydrogens is 326 g/mol. The topological polar surface area (TPSA) is 118 Å². The number of carbonyl (C=O) groups excluding carboxylic acids is 2. The number of ether oxygens (including phenoxy) is 1. The number of carbonyl (C=O) groups is 3. The van der Waals surface area contributed by atoms with Crippen molar-refractivity contribution < 1.29 is 24.2 Å². The molecule has 0 radical (unpaired) electrons. The Kier molecular flexibility index (Phi) is 6.05. The highest BCUT2D eigenvalue weighted by molar-refractivity contribution is 5.96. The molecule has 0 aliphatic heterocycles. The standard InChI is InChI=1S/C17H17N3O5/c1-2-25-17(24)12-7-14(9-18-8-12)20-13-5-3-11(4-6-13)16(23)19-10-15(21)22/h3-9,20H,2,10H2,1H3,(H,19,23)(H,21,22). The van der Waals surface area contributed by atoms with E-state index in [0.29, 0.717) is 22.5 Å². The Hall–Kier alpha value is -3.42. The van der Waals surface area contributed by atoms with Crippen molar-refractivity contribution in [3.63, 3.8) is 0 Å². The molecule has 0 saturated carbocycles. The van der Waals surface area contributed by atoms with Crippen LogP contribution in [0.25, 0.3) is 0 Å². The summed E-state index contributed by atoms with van der Waals surface area (Å²) < 4.78 is 4.92. The van der Waals surface area contributed by atoms with Crippen LogP contribution in [0.1, 0.15) is 27.6 Å². The van der Waals surface area contributed by atoms with Crippen LogP contribution >= 0.6 is 0 Å². The predicted molar refractivity (Wildman–Crippen MR) is 89.9 cm³/mol. The zero-order valence-electron chi connectivity index (χ0n) is 13.5. The summed E-state index contributed by atoms with van der Waals surface area (Å²) in [5.41, 5.74) is 1.94. The van der Waals surface area contributed by atoms with E-state index in [1.165, 1.54) is 6.20 Å². The van der Waals surface area contributed by atoms with Gasteiger partial charge in [0.2, 0.25) is 0 Å². The first-order chi connectivity index (χ1) is 12.0. The van der Waals surface area contributed by atoms with Gasteiger partial charge in [-0.1, -0.05) is 0 Å². The number of hydrogen-bond donors (Lipinski definition) is 3. The molecule has 1 aromatic carbocycles. The summed E-state index contributed by atoms with van der Waals surface area (Å²) in [7, 11) is 0. The molecule has 3 N–H and O–H groups in total. The van der Waals surface area contributed by atoms with Crippen LogP contribution in [0.4, 0.5) is 11.4 Å². The average Bonchev–Trinajstić information content (AvgIpc) is 2.61. The minimum absolute atomic E-state index is 0.280. The number of carboxylic acid groups (broad SMARTS) is 1. The summed E-state index contributed by atoms with van der Waals surface area (Å²) in [4.78, 5) is 37.9. The molecule has 0 unspecified atom stereocenters. The van der Waals surface area contributed by atoms with Crippen molar-refractivity contribution in [2.45, 2.75) is 6.92 Å². The third-order valence-electron chi connectivity index (χ3n) is 3.09. The number of rotatable bonds is 7. The summed E-state index contributed by atoms with van der Waals surface area (Å²) in [6.45, 7) is 1.56. The first-order valence-electron chi connectivity index (χ1n) is 7.49. The molecule has 0 saturated heterocycles. The van der Waals surface area contributed by atoms with Gasteiger partial charge in [0.05, 0.1) is 24.1 Å². The van der Waals surface area contributed by atoms with Crippen molar-refractivity contribution in [1.29, 1.82) is 0 Å². The molecule has 8 heteroatoms. The molecule has 1 aromatic heterocycles. The van der Waals surface area contributed by atoms with Crippen molar-refractivity contribution in [3.05, 3.63) is 53.9 Å². The van der Waals surface area contributed by atoms with Gasteiger partial charge in [0, 0.05) is 17.4 Å². The van der Waals surface area contributed by atoms with Gasteiger partial charge in [0.1, 0.15) is 6.54 Å². The van der Waals surface area contributed by atoms with Crippen molar-refractivity contribution >= 4 is 29.2 Å². The Labute approximate surface area is 143 Å². The number of pyridine rings is 1. The lowest BCUT2D eigenvalue weighted by molar-refractivity contribution is -0.135. The zero-order valence-corrected chi connectivity index (χ0v) is 13.5. The van der Waals surface area contributed by atoms with E-state index in [4.69, 9.17) is 9.84 Å². The lowest BCUT2D eigenvalue weighted by Gasteiger charge is -2.09. The monoisotopic (exact) mass is 343 g/mol. The Bertz CT molecular complexity index is 774. The number of esters is 1. The van der Waals surface area contributed by atoms with Gasteiger partial charge >= 0.3 is 11.9 Å². The van der Waals surface area contributed by atoms with Crippen LogP contribution in [-0.4, -0.2) is 41.1 Å². The second-order valence-corrected chi connectivity index (χ2v) is 4.96. The normalized spacial score (nSPS) is 9.96. The minimum Gasteiger partial charge on any atom is -0.480 e. The van der Waals surface area contributed by atoms with Crippen LogP contribution in [-0.2, 0) is 9.53 Å². The van der Waals surface area contributed by atoms with E-state index in [1.807, 2.05) is 0 Å². The molecule has 0 atom stereocenters. The molecule has 1 heterocycles. The number of nitrogens with zero attached hydrogens (tertiary/aromatic N) is 1. The van der Waals surface area contributed by atoms with Gasteiger partial charge in [-0.3, -0.25) is 14.6 Å².